The van der Waals surface area contributed by atoms with Crippen LogP contribution in [-0.2, 0) is 0 Å². The van der Waals surface area contributed by atoms with Crippen LogP contribution >= 0.6 is 11.8 Å². The summed E-state index contributed by atoms with van der Waals surface area (Å²) in [5, 5.41) is 0. The Labute approximate surface area is 98.6 Å². The van der Waals surface area contributed by atoms with Crippen LogP contribution in [0.2, 0.25) is 0 Å². The summed E-state index contributed by atoms with van der Waals surface area (Å²) < 4.78 is 5.67. The van der Waals surface area contributed by atoms with Gasteiger partial charge in [-0.15, -0.1) is 11.8 Å². The van der Waals surface area contributed by atoms with Crippen molar-refractivity contribution in [2.75, 3.05) is 12.0 Å². The minimum atomic E-state index is 0.770. The Morgan fingerprint density at radius 2 is 1.88 bits per heavy atom. The van der Waals surface area contributed by atoms with Crippen molar-refractivity contribution < 1.29 is 4.74 Å². The highest BCUT2D eigenvalue weighted by Gasteiger charge is 2.01. The normalized spacial score (nSPS) is 10.1. The molecule has 0 aliphatic heterocycles. The summed E-state index contributed by atoms with van der Waals surface area (Å²) in [4.78, 5) is 4.95. The lowest BCUT2D eigenvalue weighted by Crippen LogP contribution is -1.90. The van der Waals surface area contributed by atoms with Crippen molar-refractivity contribution in [1.29, 1.82) is 0 Å². The van der Waals surface area contributed by atoms with E-state index in [4.69, 9.17) is 10.5 Å². The van der Waals surface area contributed by atoms with Crippen molar-refractivity contribution in [3.63, 3.8) is 0 Å². The van der Waals surface area contributed by atoms with Crippen LogP contribution in [0.3, 0.4) is 0 Å². The molecule has 1 aromatic heterocycles. The van der Waals surface area contributed by atoms with Crippen LogP contribution < -0.4 is 10.5 Å². The monoisotopic (exact) mass is 232 g/mol. The van der Waals surface area contributed by atoms with Gasteiger partial charge in [-0.3, -0.25) is 4.98 Å². The van der Waals surface area contributed by atoms with Crippen LogP contribution in [0.4, 0.5) is 5.69 Å². The predicted octanol–water partition coefficient (Wildman–Crippen LogP) is 3.18. The zero-order valence-electron chi connectivity index (χ0n) is 8.88. The summed E-state index contributed by atoms with van der Waals surface area (Å²) in [6.07, 6.45) is 5.38. The lowest BCUT2D eigenvalue weighted by Gasteiger charge is -2.08. The van der Waals surface area contributed by atoms with Crippen LogP contribution in [0, 0.1) is 0 Å². The summed E-state index contributed by atoms with van der Waals surface area (Å²) in [5.74, 6) is 1.55. The van der Waals surface area contributed by atoms with Gasteiger partial charge in [0.05, 0.1) is 0 Å². The minimum absolute atomic E-state index is 0.770. The summed E-state index contributed by atoms with van der Waals surface area (Å²) in [6, 6.07) is 9.27. The molecule has 0 bridgehead atoms. The average Bonchev–Trinajstić information content (AvgIpc) is 2.33. The number of hydrogen-bond acceptors (Lipinski definition) is 4. The molecule has 0 radical (unpaired) electrons. The summed E-state index contributed by atoms with van der Waals surface area (Å²) in [7, 11) is 0. The van der Waals surface area contributed by atoms with Crippen molar-refractivity contribution in [2.45, 2.75) is 4.90 Å². The highest BCUT2D eigenvalue weighted by atomic mass is 32.2. The van der Waals surface area contributed by atoms with Gasteiger partial charge in [0.15, 0.2) is 0 Å². The lowest BCUT2D eigenvalue weighted by atomic mass is 10.3. The molecule has 0 spiro atoms. The maximum Gasteiger partial charge on any atom is 0.130 e. The highest BCUT2D eigenvalue weighted by Crippen LogP contribution is 2.29. The zero-order valence-corrected chi connectivity index (χ0v) is 9.70. The fraction of sp³-hybridized carbons (Fsp3) is 0.0833. The van der Waals surface area contributed by atoms with E-state index >= 15 is 0 Å². The van der Waals surface area contributed by atoms with Gasteiger partial charge in [-0.05, 0) is 36.6 Å². The number of benzene rings is 1. The van der Waals surface area contributed by atoms with E-state index in [2.05, 4.69) is 4.98 Å². The Hall–Kier alpha value is -1.68. The molecule has 0 atom stereocenters. The fourth-order valence-corrected chi connectivity index (χ4v) is 1.84. The Balaban J connectivity index is 2.22. The third-order valence-corrected chi connectivity index (χ3v) is 2.88. The summed E-state index contributed by atoms with van der Waals surface area (Å²) in [5.41, 5.74) is 6.58. The highest BCUT2D eigenvalue weighted by molar-refractivity contribution is 7.98. The molecular formula is C12H12N2OS. The number of ether oxygens (including phenoxy) is 1. The second-order valence-electron chi connectivity index (χ2n) is 3.19. The molecule has 1 heterocycles. The topological polar surface area (TPSA) is 48.1 Å². The number of nitrogens with zero attached hydrogens (tertiary/aromatic N) is 1. The molecular weight excluding hydrogens is 220 g/mol. The minimum Gasteiger partial charge on any atom is -0.457 e. The van der Waals surface area contributed by atoms with Gasteiger partial charge in [-0.2, -0.15) is 0 Å². The van der Waals surface area contributed by atoms with E-state index in [1.165, 1.54) is 0 Å². The number of nitrogen functional groups attached to an aromatic ring is 1. The molecule has 16 heavy (non-hydrogen) atoms. The van der Waals surface area contributed by atoms with Crippen LogP contribution in [0.15, 0.2) is 47.6 Å². The maximum absolute atomic E-state index is 5.81. The fourth-order valence-electron chi connectivity index (χ4n) is 1.30. The molecule has 2 rings (SSSR count). The van der Waals surface area contributed by atoms with Gasteiger partial charge in [0.1, 0.15) is 11.5 Å². The second kappa shape index (κ2) is 4.90. The van der Waals surface area contributed by atoms with Gasteiger partial charge in [-0.25, -0.2) is 0 Å². The standard InChI is InChI=1S/C12H12N2OS/c1-16-12-8-10(2-3-11(12)13)15-9-4-6-14-7-5-9/h2-8H,13H2,1H3. The molecule has 2 aromatic rings. The molecule has 0 unspecified atom stereocenters. The molecule has 0 saturated carbocycles. The number of hydrogen-bond donors (Lipinski definition) is 1. The number of thioether (sulfide) groups is 1. The quantitative estimate of drug-likeness (QED) is 0.652. The SMILES string of the molecule is CSc1cc(Oc2ccncc2)ccc1N. The molecule has 0 aliphatic rings. The van der Waals surface area contributed by atoms with Crippen molar-refractivity contribution in [1.82, 2.24) is 4.98 Å². The van der Waals surface area contributed by atoms with Gasteiger partial charge in [0, 0.05) is 23.0 Å². The first-order chi connectivity index (χ1) is 7.79. The number of aromatic nitrogens is 1. The van der Waals surface area contributed by atoms with Gasteiger partial charge in [-0.1, -0.05) is 0 Å². The largest absolute Gasteiger partial charge is 0.457 e. The predicted molar refractivity (Wildman–Crippen MR) is 66.9 cm³/mol. The Bertz CT molecular complexity index is 474. The molecule has 0 amide bonds. The van der Waals surface area contributed by atoms with Crippen LogP contribution in [0.5, 0.6) is 11.5 Å². The van der Waals surface area contributed by atoms with Gasteiger partial charge in [0.2, 0.25) is 0 Å². The van der Waals surface area contributed by atoms with E-state index in [9.17, 15) is 0 Å². The van der Waals surface area contributed by atoms with Crippen molar-refractivity contribution in [2.24, 2.45) is 0 Å². The van der Waals surface area contributed by atoms with Gasteiger partial charge in [0.25, 0.3) is 0 Å². The van der Waals surface area contributed by atoms with E-state index in [0.717, 1.165) is 22.1 Å². The number of pyridine rings is 1. The van der Waals surface area contributed by atoms with Crippen molar-refractivity contribution in [3.05, 3.63) is 42.7 Å². The number of anilines is 1. The molecule has 0 saturated heterocycles. The summed E-state index contributed by atoms with van der Waals surface area (Å²) >= 11 is 1.60. The van der Waals surface area contributed by atoms with Crippen molar-refractivity contribution >= 4 is 17.4 Å². The third-order valence-electron chi connectivity index (χ3n) is 2.09. The van der Waals surface area contributed by atoms with E-state index in [1.54, 1.807) is 24.2 Å². The molecule has 4 heteroatoms. The molecule has 3 nitrogen and oxygen atoms in total. The van der Waals surface area contributed by atoms with Crippen LogP contribution in [0.25, 0.3) is 0 Å². The number of rotatable bonds is 3. The first-order valence-corrected chi connectivity index (χ1v) is 6.03. The molecule has 82 valence electrons. The molecule has 0 aliphatic carbocycles. The van der Waals surface area contributed by atoms with E-state index in [0.29, 0.717) is 0 Å². The summed E-state index contributed by atoms with van der Waals surface area (Å²) in [6.45, 7) is 0. The third kappa shape index (κ3) is 2.46. The van der Waals surface area contributed by atoms with E-state index in [-0.39, 0.29) is 0 Å². The number of nitrogens with two attached hydrogens (primary N) is 1. The van der Waals surface area contributed by atoms with Crippen molar-refractivity contribution in [3.8, 4) is 11.5 Å². The Morgan fingerprint density at radius 1 is 1.12 bits per heavy atom. The maximum atomic E-state index is 5.81. The van der Waals surface area contributed by atoms with Gasteiger partial charge < -0.3 is 10.5 Å². The zero-order chi connectivity index (χ0) is 11.4. The second-order valence-corrected chi connectivity index (χ2v) is 4.04. The average molecular weight is 232 g/mol. The van der Waals surface area contributed by atoms with Crippen LogP contribution in [0.1, 0.15) is 0 Å². The molecule has 2 N–H and O–H groups in total. The Kier molecular flexibility index (Phi) is 3.31. The lowest BCUT2D eigenvalue weighted by molar-refractivity contribution is 0.481. The first-order valence-electron chi connectivity index (χ1n) is 4.81. The van der Waals surface area contributed by atoms with Gasteiger partial charge >= 0.3 is 0 Å². The molecule has 1 aromatic carbocycles. The smallest absolute Gasteiger partial charge is 0.130 e. The molecule has 0 fully saturated rings. The van der Waals surface area contributed by atoms with E-state index < -0.39 is 0 Å². The first kappa shape index (κ1) is 10.8. The Morgan fingerprint density at radius 3 is 2.56 bits per heavy atom. The van der Waals surface area contributed by atoms with Crippen LogP contribution in [-0.4, -0.2) is 11.2 Å². The van der Waals surface area contributed by atoms with E-state index in [1.807, 2.05) is 36.6 Å².